The van der Waals surface area contributed by atoms with Crippen LogP contribution in [0, 0.1) is 5.82 Å². The number of ether oxygens (including phenoxy) is 3. The van der Waals surface area contributed by atoms with Gasteiger partial charge in [0.05, 0.1) is 18.7 Å². The molecular weight excluding hydrogens is 519 g/mol. The predicted octanol–water partition coefficient (Wildman–Crippen LogP) is 4.66. The third-order valence-corrected chi connectivity index (χ3v) is 7.00. The number of hydrogen-bond acceptors (Lipinski definition) is 6. The quantitative estimate of drug-likeness (QED) is 0.423. The molecule has 0 spiro atoms. The van der Waals surface area contributed by atoms with Crippen molar-refractivity contribution in [3.05, 3.63) is 57.8 Å². The average molecular weight is 551 g/mol. The van der Waals surface area contributed by atoms with E-state index in [1.807, 2.05) is 4.90 Å². The molecule has 9 heteroatoms. The van der Waals surface area contributed by atoms with Crippen LogP contribution in [-0.4, -0.2) is 67.7 Å². The van der Waals surface area contributed by atoms with Gasteiger partial charge in [-0.3, -0.25) is 9.69 Å². The first-order chi connectivity index (χ1) is 16.8. The van der Waals surface area contributed by atoms with Gasteiger partial charge in [-0.15, -0.1) is 0 Å². The maximum atomic E-state index is 13.3. The Bertz CT molecular complexity index is 1030. The van der Waals surface area contributed by atoms with Crippen LogP contribution in [0.25, 0.3) is 0 Å². The zero-order chi connectivity index (χ0) is 25.5. The van der Waals surface area contributed by atoms with E-state index in [4.69, 9.17) is 14.2 Å². The van der Waals surface area contributed by atoms with Crippen LogP contribution in [0.3, 0.4) is 0 Å². The van der Waals surface area contributed by atoms with Crippen LogP contribution in [0.2, 0.25) is 0 Å². The molecule has 1 aliphatic rings. The minimum atomic E-state index is -0.567. The third kappa shape index (κ3) is 6.52. The summed E-state index contributed by atoms with van der Waals surface area (Å²) < 4.78 is 29.9. The van der Waals surface area contributed by atoms with Gasteiger partial charge in [-0.2, -0.15) is 0 Å². The summed E-state index contributed by atoms with van der Waals surface area (Å²) in [4.78, 5) is 29.7. The highest BCUT2D eigenvalue weighted by Crippen LogP contribution is 2.33. The molecule has 0 radical (unpaired) electrons. The molecular formula is C26H32BrFN2O5. The normalized spacial score (nSPS) is 18.3. The van der Waals surface area contributed by atoms with E-state index in [1.165, 1.54) is 26.4 Å². The van der Waals surface area contributed by atoms with E-state index in [2.05, 4.69) is 34.7 Å². The van der Waals surface area contributed by atoms with E-state index in [1.54, 1.807) is 24.3 Å². The van der Waals surface area contributed by atoms with E-state index in [0.717, 1.165) is 24.9 Å². The maximum Gasteiger partial charge on any atom is 0.341 e. The van der Waals surface area contributed by atoms with E-state index < -0.39 is 5.97 Å². The molecule has 2 aromatic rings. The number of carbonyl (C=O) groups is 2. The first kappa shape index (κ1) is 26.9. The molecule has 0 aliphatic carbocycles. The first-order valence-electron chi connectivity index (χ1n) is 11.7. The number of benzene rings is 2. The number of halogens is 2. The zero-order valence-corrected chi connectivity index (χ0v) is 22.1. The summed E-state index contributed by atoms with van der Waals surface area (Å²) in [7, 11) is 2.80. The van der Waals surface area contributed by atoms with E-state index in [0.29, 0.717) is 23.3 Å². The summed E-state index contributed by atoms with van der Waals surface area (Å²) in [6, 6.07) is 9.88. The SMILES string of the molecule is CC[C@H]1CN(C(=O)COc2cc(OC)c(Br)cc2C(=O)OC)[C@H](CC)CN1Cc1ccc(F)cc1. The summed E-state index contributed by atoms with van der Waals surface area (Å²) in [6.07, 6.45) is 1.67. The number of rotatable bonds is 9. The van der Waals surface area contributed by atoms with E-state index >= 15 is 0 Å². The highest BCUT2D eigenvalue weighted by atomic mass is 79.9. The molecule has 2 atom stereocenters. The summed E-state index contributed by atoms with van der Waals surface area (Å²) >= 11 is 3.36. The number of nitrogens with zero attached hydrogens (tertiary/aromatic N) is 2. The van der Waals surface area contributed by atoms with Gasteiger partial charge in [-0.1, -0.05) is 26.0 Å². The molecule has 2 aromatic carbocycles. The Morgan fingerprint density at radius 2 is 1.71 bits per heavy atom. The minimum Gasteiger partial charge on any atom is -0.495 e. The van der Waals surface area contributed by atoms with Crippen molar-refractivity contribution in [2.75, 3.05) is 33.9 Å². The Labute approximate surface area is 214 Å². The molecule has 35 heavy (non-hydrogen) atoms. The van der Waals surface area contributed by atoms with Gasteiger partial charge in [0.2, 0.25) is 0 Å². The molecule has 0 unspecified atom stereocenters. The second-order valence-electron chi connectivity index (χ2n) is 8.49. The van der Waals surface area contributed by atoms with Crippen LogP contribution in [0.1, 0.15) is 42.6 Å². The maximum absolute atomic E-state index is 13.3. The van der Waals surface area contributed by atoms with Gasteiger partial charge in [0, 0.05) is 37.8 Å². The van der Waals surface area contributed by atoms with Gasteiger partial charge >= 0.3 is 5.97 Å². The summed E-state index contributed by atoms with van der Waals surface area (Å²) in [6.45, 7) is 5.95. The van der Waals surface area contributed by atoms with Gasteiger partial charge in [0.15, 0.2) is 6.61 Å². The number of piperazine rings is 1. The van der Waals surface area contributed by atoms with Crippen molar-refractivity contribution in [3.63, 3.8) is 0 Å². The Hall–Kier alpha value is -2.65. The highest BCUT2D eigenvalue weighted by molar-refractivity contribution is 9.10. The van der Waals surface area contributed by atoms with Crippen molar-refractivity contribution in [1.29, 1.82) is 0 Å². The molecule has 3 rings (SSSR count). The second kappa shape index (κ2) is 12.4. The largest absolute Gasteiger partial charge is 0.495 e. The van der Waals surface area contributed by atoms with Crippen LogP contribution in [-0.2, 0) is 16.1 Å². The number of hydrogen-bond donors (Lipinski definition) is 0. The van der Waals surface area contributed by atoms with Crippen LogP contribution in [0.15, 0.2) is 40.9 Å². The van der Waals surface area contributed by atoms with Crippen molar-refractivity contribution < 1.29 is 28.2 Å². The van der Waals surface area contributed by atoms with Crippen molar-refractivity contribution >= 4 is 27.8 Å². The average Bonchev–Trinajstić information content (AvgIpc) is 2.87. The lowest BCUT2D eigenvalue weighted by molar-refractivity contribution is -0.140. The van der Waals surface area contributed by atoms with Crippen LogP contribution >= 0.6 is 15.9 Å². The van der Waals surface area contributed by atoms with Crippen LogP contribution in [0.4, 0.5) is 4.39 Å². The Kier molecular flexibility index (Phi) is 9.51. The highest BCUT2D eigenvalue weighted by Gasteiger charge is 2.35. The van der Waals surface area contributed by atoms with Gasteiger partial charge in [-0.25, -0.2) is 9.18 Å². The lowest BCUT2D eigenvalue weighted by Gasteiger charge is -2.46. The second-order valence-corrected chi connectivity index (χ2v) is 9.34. The summed E-state index contributed by atoms with van der Waals surface area (Å²) in [5.74, 6) is -0.259. The number of esters is 1. The molecule has 1 aliphatic heterocycles. The molecule has 0 N–H and O–H groups in total. The van der Waals surface area contributed by atoms with E-state index in [-0.39, 0.29) is 41.7 Å². The van der Waals surface area contributed by atoms with Crippen LogP contribution in [0.5, 0.6) is 11.5 Å². The molecule has 0 aromatic heterocycles. The first-order valence-corrected chi connectivity index (χ1v) is 12.5. The van der Waals surface area contributed by atoms with E-state index in [9.17, 15) is 14.0 Å². The Morgan fingerprint density at radius 1 is 1.03 bits per heavy atom. The molecule has 0 saturated carbocycles. The molecule has 190 valence electrons. The molecule has 7 nitrogen and oxygen atoms in total. The van der Waals surface area contributed by atoms with Gasteiger partial charge in [0.25, 0.3) is 5.91 Å². The zero-order valence-electron chi connectivity index (χ0n) is 20.6. The fourth-order valence-corrected chi connectivity index (χ4v) is 4.88. The monoisotopic (exact) mass is 550 g/mol. The van der Waals surface area contributed by atoms with Gasteiger partial charge in [0.1, 0.15) is 22.9 Å². The molecule has 1 saturated heterocycles. The van der Waals surface area contributed by atoms with Crippen molar-refractivity contribution in [3.8, 4) is 11.5 Å². The minimum absolute atomic E-state index is 0.0221. The predicted molar refractivity (Wildman–Crippen MR) is 134 cm³/mol. The molecule has 0 bridgehead atoms. The molecule has 1 fully saturated rings. The van der Waals surface area contributed by atoms with Crippen molar-refractivity contribution in [2.45, 2.75) is 45.3 Å². The third-order valence-electron chi connectivity index (χ3n) is 6.38. The number of amides is 1. The lowest BCUT2D eigenvalue weighted by Crippen LogP contribution is -2.59. The number of methoxy groups -OCH3 is 2. The van der Waals surface area contributed by atoms with Crippen LogP contribution < -0.4 is 9.47 Å². The topological polar surface area (TPSA) is 68.3 Å². The Balaban J connectivity index is 1.72. The summed E-state index contributed by atoms with van der Waals surface area (Å²) in [5.41, 5.74) is 1.25. The molecule has 1 amide bonds. The van der Waals surface area contributed by atoms with Gasteiger partial charge < -0.3 is 19.1 Å². The number of carbonyl (C=O) groups excluding carboxylic acids is 2. The van der Waals surface area contributed by atoms with Crippen molar-refractivity contribution in [2.24, 2.45) is 0 Å². The smallest absolute Gasteiger partial charge is 0.341 e. The summed E-state index contributed by atoms with van der Waals surface area (Å²) in [5, 5.41) is 0. The fraction of sp³-hybridized carbons (Fsp3) is 0.462. The van der Waals surface area contributed by atoms with Crippen molar-refractivity contribution in [1.82, 2.24) is 9.80 Å². The standard InChI is InChI=1S/C26H32BrFN2O5/c1-5-19-15-30(20(6-2)14-29(19)13-17-7-9-18(28)10-8-17)25(31)16-35-23-12-24(33-3)22(27)11-21(23)26(32)34-4/h7-12,19-20H,5-6,13-16H2,1-4H3/t19-,20+/m0/s1. The molecule has 1 heterocycles. The Morgan fingerprint density at radius 3 is 2.31 bits per heavy atom. The lowest BCUT2D eigenvalue weighted by atomic mass is 10.0. The van der Waals surface area contributed by atoms with Gasteiger partial charge in [-0.05, 0) is 52.5 Å². The fourth-order valence-electron chi connectivity index (χ4n) is 4.37.